The predicted molar refractivity (Wildman–Crippen MR) is 70.4 cm³/mol. The Balaban J connectivity index is 1.96. The highest BCUT2D eigenvalue weighted by Crippen LogP contribution is 2.16. The van der Waals surface area contributed by atoms with Crippen LogP contribution in [0.1, 0.15) is 16.7 Å². The molecule has 0 bridgehead atoms. The average Bonchev–Trinajstić information content (AvgIpc) is 2.34. The molecule has 100 valence electrons. The summed E-state index contributed by atoms with van der Waals surface area (Å²) in [5, 5.41) is 0. The van der Waals surface area contributed by atoms with E-state index >= 15 is 0 Å². The van der Waals surface area contributed by atoms with Crippen LogP contribution in [0.4, 0.5) is 14.5 Å². The molecule has 2 rings (SSSR count). The van der Waals surface area contributed by atoms with E-state index in [4.69, 9.17) is 10.5 Å². The third kappa shape index (κ3) is 3.51. The lowest BCUT2D eigenvalue weighted by Gasteiger charge is -2.08. The van der Waals surface area contributed by atoms with Gasteiger partial charge in [0.05, 0.1) is 13.2 Å². The van der Waals surface area contributed by atoms with Gasteiger partial charge in [-0.25, -0.2) is 8.78 Å². The van der Waals surface area contributed by atoms with Crippen molar-refractivity contribution in [3.8, 4) is 0 Å². The van der Waals surface area contributed by atoms with Gasteiger partial charge in [-0.1, -0.05) is 18.2 Å². The fraction of sp³-hybridized carbons (Fsp3) is 0.200. The molecule has 19 heavy (non-hydrogen) atoms. The summed E-state index contributed by atoms with van der Waals surface area (Å²) in [4.78, 5) is 0. The number of rotatable bonds is 4. The molecule has 0 atom stereocenters. The van der Waals surface area contributed by atoms with Crippen molar-refractivity contribution in [1.29, 1.82) is 0 Å². The Bertz CT molecular complexity index is 533. The van der Waals surface area contributed by atoms with Crippen LogP contribution in [0.5, 0.6) is 0 Å². The summed E-state index contributed by atoms with van der Waals surface area (Å²) in [5.41, 5.74) is 8.75. The lowest BCUT2D eigenvalue weighted by molar-refractivity contribution is 0.105. The van der Waals surface area contributed by atoms with Crippen LogP contribution in [0, 0.1) is 18.6 Å². The van der Waals surface area contributed by atoms with E-state index in [0.717, 1.165) is 17.2 Å². The smallest absolute Gasteiger partial charge is 0.131 e. The topological polar surface area (TPSA) is 35.2 Å². The van der Waals surface area contributed by atoms with Crippen molar-refractivity contribution in [2.45, 2.75) is 20.1 Å². The zero-order valence-electron chi connectivity index (χ0n) is 10.6. The van der Waals surface area contributed by atoms with Crippen LogP contribution in [-0.4, -0.2) is 0 Å². The van der Waals surface area contributed by atoms with Crippen molar-refractivity contribution in [1.82, 2.24) is 0 Å². The van der Waals surface area contributed by atoms with Gasteiger partial charge in [0.1, 0.15) is 11.6 Å². The first-order valence-corrected chi connectivity index (χ1v) is 5.93. The SMILES string of the molecule is Cc1ccc(COCc2ccc(F)cc2F)c(N)c1. The largest absolute Gasteiger partial charge is 0.398 e. The Morgan fingerprint density at radius 2 is 1.68 bits per heavy atom. The van der Waals surface area contributed by atoms with Crippen LogP contribution in [0.25, 0.3) is 0 Å². The maximum Gasteiger partial charge on any atom is 0.131 e. The number of nitrogen functional groups attached to an aromatic ring is 1. The molecule has 4 heteroatoms. The summed E-state index contributed by atoms with van der Waals surface area (Å²) in [6, 6.07) is 9.11. The van der Waals surface area contributed by atoms with Gasteiger partial charge in [0.25, 0.3) is 0 Å². The molecule has 2 aromatic carbocycles. The molecule has 2 N–H and O–H groups in total. The number of benzene rings is 2. The van der Waals surface area contributed by atoms with E-state index in [-0.39, 0.29) is 6.61 Å². The van der Waals surface area contributed by atoms with Crippen molar-refractivity contribution in [2.24, 2.45) is 0 Å². The van der Waals surface area contributed by atoms with Gasteiger partial charge < -0.3 is 10.5 Å². The average molecular weight is 263 g/mol. The van der Waals surface area contributed by atoms with Crippen molar-refractivity contribution in [2.75, 3.05) is 5.73 Å². The van der Waals surface area contributed by atoms with Crippen LogP contribution in [0.3, 0.4) is 0 Å². The van der Waals surface area contributed by atoms with Crippen LogP contribution in [-0.2, 0) is 18.0 Å². The molecule has 0 radical (unpaired) electrons. The first-order valence-electron chi connectivity index (χ1n) is 5.93. The number of ether oxygens (including phenoxy) is 1. The molecule has 0 aliphatic heterocycles. The van der Waals surface area contributed by atoms with Crippen LogP contribution in [0.15, 0.2) is 36.4 Å². The number of nitrogens with two attached hydrogens (primary N) is 1. The first-order chi connectivity index (χ1) is 9.06. The summed E-state index contributed by atoms with van der Waals surface area (Å²) < 4.78 is 31.5. The second-order valence-electron chi connectivity index (χ2n) is 4.43. The van der Waals surface area contributed by atoms with Crippen molar-refractivity contribution < 1.29 is 13.5 Å². The highest BCUT2D eigenvalue weighted by Gasteiger charge is 2.05. The molecule has 0 unspecified atom stereocenters. The van der Waals surface area contributed by atoms with Crippen molar-refractivity contribution in [3.05, 3.63) is 64.7 Å². The molecule has 0 aliphatic rings. The Hall–Kier alpha value is -1.94. The molecule has 0 fully saturated rings. The molecule has 0 spiro atoms. The second kappa shape index (κ2) is 5.80. The molecule has 0 saturated carbocycles. The number of halogens is 2. The Labute approximate surface area is 110 Å². The minimum Gasteiger partial charge on any atom is -0.398 e. The van der Waals surface area contributed by atoms with Gasteiger partial charge in [-0.05, 0) is 24.6 Å². The molecular weight excluding hydrogens is 248 g/mol. The second-order valence-corrected chi connectivity index (χ2v) is 4.43. The molecule has 0 amide bonds. The summed E-state index contributed by atoms with van der Waals surface area (Å²) >= 11 is 0. The monoisotopic (exact) mass is 263 g/mol. The van der Waals surface area contributed by atoms with Gasteiger partial charge >= 0.3 is 0 Å². The maximum absolute atomic E-state index is 13.4. The van der Waals surface area contributed by atoms with Crippen LogP contribution >= 0.6 is 0 Å². The molecule has 0 saturated heterocycles. The number of anilines is 1. The predicted octanol–water partition coefficient (Wildman–Crippen LogP) is 3.57. The summed E-state index contributed by atoms with van der Waals surface area (Å²) in [7, 11) is 0. The summed E-state index contributed by atoms with van der Waals surface area (Å²) in [5.74, 6) is -1.19. The molecule has 0 aliphatic carbocycles. The fourth-order valence-corrected chi connectivity index (χ4v) is 1.76. The normalized spacial score (nSPS) is 10.7. The van der Waals surface area contributed by atoms with E-state index in [2.05, 4.69) is 0 Å². The van der Waals surface area contributed by atoms with E-state index in [1.807, 2.05) is 25.1 Å². The van der Waals surface area contributed by atoms with Gasteiger partial charge in [-0.15, -0.1) is 0 Å². The van der Waals surface area contributed by atoms with E-state index in [1.165, 1.54) is 12.1 Å². The van der Waals surface area contributed by atoms with E-state index < -0.39 is 11.6 Å². The van der Waals surface area contributed by atoms with Crippen LogP contribution < -0.4 is 5.73 Å². The van der Waals surface area contributed by atoms with Gasteiger partial charge in [0, 0.05) is 22.9 Å². The van der Waals surface area contributed by atoms with Crippen molar-refractivity contribution >= 4 is 5.69 Å². The Morgan fingerprint density at radius 3 is 2.37 bits per heavy atom. The van der Waals surface area contributed by atoms with E-state index in [1.54, 1.807) is 0 Å². The van der Waals surface area contributed by atoms with Gasteiger partial charge in [0.15, 0.2) is 0 Å². The third-order valence-corrected chi connectivity index (χ3v) is 2.83. The Morgan fingerprint density at radius 1 is 1.00 bits per heavy atom. The Kier molecular flexibility index (Phi) is 4.12. The van der Waals surface area contributed by atoms with Crippen LogP contribution in [0.2, 0.25) is 0 Å². The lowest BCUT2D eigenvalue weighted by atomic mass is 10.1. The quantitative estimate of drug-likeness (QED) is 0.856. The number of hydrogen-bond donors (Lipinski definition) is 1. The summed E-state index contributed by atoms with van der Waals surface area (Å²) in [6.07, 6.45) is 0. The molecule has 2 aromatic rings. The number of hydrogen-bond acceptors (Lipinski definition) is 2. The molecule has 0 heterocycles. The lowest BCUT2D eigenvalue weighted by Crippen LogP contribution is -2.00. The maximum atomic E-state index is 13.4. The molecular formula is C15H15F2NO. The minimum absolute atomic E-state index is 0.0828. The minimum atomic E-state index is -0.600. The number of aryl methyl sites for hydroxylation is 1. The zero-order valence-corrected chi connectivity index (χ0v) is 10.6. The molecule has 2 nitrogen and oxygen atoms in total. The summed E-state index contributed by atoms with van der Waals surface area (Å²) in [6.45, 7) is 2.33. The van der Waals surface area contributed by atoms with Gasteiger partial charge in [-0.3, -0.25) is 0 Å². The van der Waals surface area contributed by atoms with Gasteiger partial charge in [-0.2, -0.15) is 0 Å². The molecule has 0 aromatic heterocycles. The fourth-order valence-electron chi connectivity index (χ4n) is 1.76. The van der Waals surface area contributed by atoms with Gasteiger partial charge in [0.2, 0.25) is 0 Å². The zero-order chi connectivity index (χ0) is 13.8. The standard InChI is InChI=1S/C15H15F2NO/c1-10-2-3-12(15(18)6-10)9-19-8-11-4-5-13(16)7-14(11)17/h2-7H,8-9,18H2,1H3. The first kappa shape index (κ1) is 13.5. The third-order valence-electron chi connectivity index (χ3n) is 2.83. The highest BCUT2D eigenvalue weighted by atomic mass is 19.1. The van der Waals surface area contributed by atoms with Crippen molar-refractivity contribution in [3.63, 3.8) is 0 Å². The highest BCUT2D eigenvalue weighted by molar-refractivity contribution is 5.48. The van der Waals surface area contributed by atoms with E-state index in [9.17, 15) is 8.78 Å². The van der Waals surface area contributed by atoms with E-state index in [0.29, 0.717) is 17.9 Å².